The molecule has 0 radical (unpaired) electrons. The number of halogens is 1. The number of rotatable bonds is 10. The number of ether oxygens (including phenoxy) is 1. The maximum absolute atomic E-state index is 14.8. The average Bonchev–Trinajstić information content (AvgIpc) is 3.32. The van der Waals surface area contributed by atoms with E-state index in [1.54, 1.807) is 20.8 Å². The van der Waals surface area contributed by atoms with Gasteiger partial charge >= 0.3 is 0 Å². The van der Waals surface area contributed by atoms with Gasteiger partial charge in [-0.05, 0) is 43.4 Å². The van der Waals surface area contributed by atoms with Crippen molar-refractivity contribution in [3.8, 4) is 0 Å². The van der Waals surface area contributed by atoms with Gasteiger partial charge in [0, 0.05) is 32.8 Å². The number of aliphatic hydroxyl groups is 1. The Morgan fingerprint density at radius 3 is 2.38 bits per heavy atom. The molecule has 0 aromatic heterocycles. The van der Waals surface area contributed by atoms with E-state index in [1.165, 1.54) is 0 Å². The van der Waals surface area contributed by atoms with E-state index in [4.69, 9.17) is 16.3 Å². The minimum absolute atomic E-state index is 0.121. The number of carbonyl (C=O) groups is 3. The number of likely N-dealkylation sites (tertiary alicyclic amines) is 1. The number of carbonyl (C=O) groups excluding carboxylic acids is 3. The maximum atomic E-state index is 14.8. The number of aryl methyl sites for hydroxylation is 1. The van der Waals surface area contributed by atoms with Crippen LogP contribution in [0.4, 0.5) is 5.69 Å². The van der Waals surface area contributed by atoms with Crippen molar-refractivity contribution in [1.29, 1.82) is 0 Å². The number of fused-ring (bicyclic) bond motifs is 2. The Hall–Kier alpha value is -3.46. The summed E-state index contributed by atoms with van der Waals surface area (Å²) in [5, 5.41) is 9.72. The summed E-state index contributed by atoms with van der Waals surface area (Å²) >= 11 is 6.69. The van der Waals surface area contributed by atoms with Crippen molar-refractivity contribution in [3.05, 3.63) is 89.0 Å². The Labute approximate surface area is 270 Å². The number of hydrogen-bond acceptors (Lipinski definition) is 5. The molecule has 2 saturated heterocycles. The van der Waals surface area contributed by atoms with E-state index < -0.39 is 29.1 Å². The number of aliphatic hydroxyl groups excluding tert-OH is 1. The summed E-state index contributed by atoms with van der Waals surface area (Å²) < 4.78 is 7.11. The molecule has 238 valence electrons. The van der Waals surface area contributed by atoms with Crippen LogP contribution in [0.3, 0.4) is 0 Å². The third-order valence-corrected chi connectivity index (χ3v) is 10.3. The third kappa shape index (κ3) is 5.30. The van der Waals surface area contributed by atoms with Gasteiger partial charge in [0.15, 0.2) is 0 Å². The van der Waals surface area contributed by atoms with Crippen molar-refractivity contribution in [3.63, 3.8) is 0 Å². The first-order chi connectivity index (χ1) is 21.8. The predicted octanol–water partition coefficient (Wildman–Crippen LogP) is 5.06. The summed E-state index contributed by atoms with van der Waals surface area (Å²) in [5.74, 6) is -2.26. The molecular weight excluding hydrogens is 590 g/mol. The Balaban J connectivity index is 1.43. The van der Waals surface area contributed by atoms with Crippen LogP contribution in [-0.2, 0) is 25.7 Å². The molecule has 2 aromatic carbocycles. The summed E-state index contributed by atoms with van der Waals surface area (Å²) in [6.07, 6.45) is 11.2. The van der Waals surface area contributed by atoms with Gasteiger partial charge in [0.1, 0.15) is 11.6 Å². The lowest BCUT2D eigenvalue weighted by Crippen LogP contribution is -2.56. The molecule has 1 N–H and O–H groups in total. The summed E-state index contributed by atoms with van der Waals surface area (Å²) in [6.45, 7) is 5.47. The predicted molar refractivity (Wildman–Crippen MR) is 174 cm³/mol. The van der Waals surface area contributed by atoms with Crippen LogP contribution in [0.1, 0.15) is 50.2 Å². The first-order valence-electron chi connectivity index (χ1n) is 16.1. The van der Waals surface area contributed by atoms with Crippen LogP contribution in [0.15, 0.2) is 72.8 Å². The molecule has 5 atom stereocenters. The lowest BCUT2D eigenvalue weighted by molar-refractivity contribution is -0.150. The molecule has 4 aliphatic heterocycles. The molecular formula is C36H42ClN3O5. The largest absolute Gasteiger partial charge is 0.396 e. The number of nitrogens with zero attached hydrogens (tertiary/aromatic N) is 3. The van der Waals surface area contributed by atoms with E-state index in [9.17, 15) is 19.5 Å². The van der Waals surface area contributed by atoms with Crippen LogP contribution in [0.2, 0.25) is 5.02 Å². The third-order valence-electron chi connectivity index (χ3n) is 10.0. The van der Waals surface area contributed by atoms with Crippen molar-refractivity contribution in [1.82, 2.24) is 9.80 Å². The molecule has 8 nitrogen and oxygen atoms in total. The van der Waals surface area contributed by atoms with Crippen molar-refractivity contribution in [2.24, 2.45) is 11.8 Å². The zero-order valence-corrected chi connectivity index (χ0v) is 26.8. The number of benzene rings is 2. The number of anilines is 1. The van der Waals surface area contributed by atoms with Gasteiger partial charge < -0.3 is 24.5 Å². The van der Waals surface area contributed by atoms with Gasteiger partial charge in [-0.15, -0.1) is 0 Å². The van der Waals surface area contributed by atoms with Gasteiger partial charge in [-0.2, -0.15) is 0 Å². The van der Waals surface area contributed by atoms with Crippen molar-refractivity contribution in [2.75, 3.05) is 31.1 Å². The summed E-state index contributed by atoms with van der Waals surface area (Å²) in [5.41, 5.74) is 0.127. The lowest BCUT2D eigenvalue weighted by Gasteiger charge is -2.38. The minimum atomic E-state index is -1.32. The number of amides is 3. The maximum Gasteiger partial charge on any atom is 0.253 e. The molecule has 0 bridgehead atoms. The van der Waals surface area contributed by atoms with Gasteiger partial charge in [0.2, 0.25) is 11.8 Å². The van der Waals surface area contributed by atoms with Crippen LogP contribution < -0.4 is 4.90 Å². The number of unbranched alkanes of at least 4 members (excludes halogenated alkanes) is 3. The van der Waals surface area contributed by atoms with Crippen LogP contribution in [0.25, 0.3) is 0 Å². The zero-order chi connectivity index (χ0) is 31.8. The summed E-state index contributed by atoms with van der Waals surface area (Å²) in [4.78, 5) is 49.3. The van der Waals surface area contributed by atoms with Gasteiger partial charge in [0.25, 0.3) is 5.91 Å². The van der Waals surface area contributed by atoms with E-state index in [-0.39, 0.29) is 30.9 Å². The molecule has 2 aromatic rings. The zero-order valence-electron chi connectivity index (χ0n) is 26.0. The molecule has 2 fully saturated rings. The molecule has 1 unspecified atom stereocenters. The van der Waals surface area contributed by atoms with Crippen molar-refractivity contribution in [2.45, 2.75) is 69.7 Å². The fourth-order valence-corrected chi connectivity index (χ4v) is 8.23. The summed E-state index contributed by atoms with van der Waals surface area (Å²) in [6, 6.07) is 14.4. The quantitative estimate of drug-likeness (QED) is 0.292. The van der Waals surface area contributed by atoms with Crippen LogP contribution in [-0.4, -0.2) is 76.1 Å². The van der Waals surface area contributed by atoms with E-state index in [0.29, 0.717) is 49.6 Å². The second-order valence-corrected chi connectivity index (χ2v) is 13.1. The van der Waals surface area contributed by atoms with E-state index in [0.717, 1.165) is 24.0 Å². The highest BCUT2D eigenvalue weighted by Crippen LogP contribution is 2.59. The fraction of sp³-hybridized carbons (Fsp3) is 0.472. The van der Waals surface area contributed by atoms with Crippen LogP contribution in [0, 0.1) is 18.8 Å². The first kappa shape index (κ1) is 31.5. The van der Waals surface area contributed by atoms with Crippen molar-refractivity contribution >= 4 is 35.0 Å². The Morgan fingerprint density at radius 1 is 0.889 bits per heavy atom. The highest BCUT2D eigenvalue weighted by atomic mass is 35.5. The van der Waals surface area contributed by atoms with Crippen LogP contribution >= 0.6 is 11.6 Å². The second-order valence-electron chi connectivity index (χ2n) is 12.7. The Kier molecular flexibility index (Phi) is 8.92. The molecule has 1 spiro atoms. The van der Waals surface area contributed by atoms with Gasteiger partial charge in [-0.1, -0.05) is 98.1 Å². The van der Waals surface area contributed by atoms with Gasteiger partial charge in [-0.25, -0.2) is 0 Å². The average molecular weight is 632 g/mol. The SMILES string of the molecule is CC[C@]12C=CCN(Cc3ccccc3)C(=O)[C@H]1[C@H]1C(=O)N(CCCCCCO)C3C(=O)N(c4c(C)cccc4Cl)CC=C[C@@]31O2. The monoisotopic (exact) mass is 631 g/mol. The number of hydrogen-bond donors (Lipinski definition) is 1. The second kappa shape index (κ2) is 12.7. The van der Waals surface area contributed by atoms with E-state index >= 15 is 0 Å². The van der Waals surface area contributed by atoms with E-state index in [2.05, 4.69) is 0 Å². The normalized spacial score (nSPS) is 29.1. The standard InChI is InChI=1S/C36H42ClN3O5/c1-3-35-18-12-20-38(24-26-15-7-6-8-16-26)32(42)28(35)29-33(43)40(21-9-4-5-10-23-41)31-34(44)39(22-13-19-36(29,31)45-35)30-25(2)14-11-17-27(30)37/h6-8,11-19,28-29,31,41H,3-5,9-10,20-24H2,1-2H3/t28-,29+,31?,35+,36+/m1/s1. The van der Waals surface area contributed by atoms with Gasteiger partial charge in [-0.3, -0.25) is 14.4 Å². The minimum Gasteiger partial charge on any atom is -0.396 e. The Bertz CT molecular complexity index is 1490. The molecule has 3 amide bonds. The highest BCUT2D eigenvalue weighted by molar-refractivity contribution is 6.34. The molecule has 6 rings (SSSR count). The molecule has 0 saturated carbocycles. The topological polar surface area (TPSA) is 90.4 Å². The lowest BCUT2D eigenvalue weighted by atomic mass is 9.73. The summed E-state index contributed by atoms with van der Waals surface area (Å²) in [7, 11) is 0. The molecule has 4 heterocycles. The number of para-hydroxylation sites is 1. The van der Waals surface area contributed by atoms with Crippen LogP contribution in [0.5, 0.6) is 0 Å². The van der Waals surface area contributed by atoms with E-state index in [1.807, 2.05) is 80.6 Å². The highest BCUT2D eigenvalue weighted by Gasteiger charge is 2.75. The first-order valence-corrected chi connectivity index (χ1v) is 16.5. The van der Waals surface area contributed by atoms with Gasteiger partial charge in [0.05, 0.1) is 28.1 Å². The smallest absolute Gasteiger partial charge is 0.253 e. The molecule has 4 aliphatic rings. The van der Waals surface area contributed by atoms with Crippen molar-refractivity contribution < 1.29 is 24.2 Å². The molecule has 0 aliphatic carbocycles. The molecule has 45 heavy (non-hydrogen) atoms. The fourth-order valence-electron chi connectivity index (χ4n) is 7.91. The Morgan fingerprint density at radius 2 is 1.64 bits per heavy atom. The molecule has 9 heteroatoms.